The number of piperidine rings is 1. The Hall–Kier alpha value is -0.530. The zero-order valence-corrected chi connectivity index (χ0v) is 14.1. The normalized spacial score (nSPS) is 35.2. The van der Waals surface area contributed by atoms with Crippen LogP contribution in [0, 0.1) is 23.2 Å². The van der Waals surface area contributed by atoms with Gasteiger partial charge in [-0.2, -0.15) is 0 Å². The number of carbonyl (C=O) groups is 1. The van der Waals surface area contributed by atoms with Crippen molar-refractivity contribution in [3.63, 3.8) is 0 Å². The van der Waals surface area contributed by atoms with E-state index in [4.69, 9.17) is 0 Å². The molecule has 1 aliphatic heterocycles. The summed E-state index contributed by atoms with van der Waals surface area (Å²) in [6.07, 6.45) is 7.41. The highest BCUT2D eigenvalue weighted by Crippen LogP contribution is 2.43. The second kappa shape index (κ2) is 6.07. The Morgan fingerprint density at radius 1 is 1.15 bits per heavy atom. The van der Waals surface area contributed by atoms with E-state index in [1.807, 2.05) is 0 Å². The maximum Gasteiger partial charge on any atom is 0.226 e. The van der Waals surface area contributed by atoms with Crippen molar-refractivity contribution in [2.24, 2.45) is 23.2 Å². The van der Waals surface area contributed by atoms with Crippen molar-refractivity contribution < 1.29 is 4.79 Å². The van der Waals surface area contributed by atoms with Gasteiger partial charge in [-0.05, 0) is 56.8 Å². The Balaban J connectivity index is 2.16. The summed E-state index contributed by atoms with van der Waals surface area (Å²) >= 11 is 0. The van der Waals surface area contributed by atoms with Crippen LogP contribution in [0.1, 0.15) is 73.1 Å². The van der Waals surface area contributed by atoms with Gasteiger partial charge in [-0.3, -0.25) is 4.79 Å². The fraction of sp³-hybridized carbons (Fsp3) is 0.944. The van der Waals surface area contributed by atoms with Crippen LogP contribution in [0.2, 0.25) is 0 Å². The molecule has 0 aromatic rings. The second-order valence-corrected chi connectivity index (χ2v) is 8.39. The average Bonchev–Trinajstić information content (AvgIpc) is 2.35. The Labute approximate surface area is 125 Å². The van der Waals surface area contributed by atoms with E-state index in [0.717, 1.165) is 18.9 Å². The molecule has 1 aliphatic carbocycles. The fourth-order valence-corrected chi connectivity index (χ4v) is 4.67. The van der Waals surface area contributed by atoms with Crippen molar-refractivity contribution in [3.05, 3.63) is 0 Å². The minimum Gasteiger partial charge on any atom is -0.340 e. The predicted octanol–water partition coefficient (Wildman–Crippen LogP) is 4.49. The molecule has 0 aromatic carbocycles. The summed E-state index contributed by atoms with van der Waals surface area (Å²) in [7, 11) is 0. The third-order valence-electron chi connectivity index (χ3n) is 5.46. The molecule has 2 heteroatoms. The summed E-state index contributed by atoms with van der Waals surface area (Å²) < 4.78 is 0. The largest absolute Gasteiger partial charge is 0.340 e. The van der Waals surface area contributed by atoms with E-state index in [2.05, 4.69) is 39.5 Å². The molecule has 0 spiro atoms. The maximum atomic E-state index is 12.8. The van der Waals surface area contributed by atoms with Crippen molar-refractivity contribution in [1.29, 1.82) is 0 Å². The first-order chi connectivity index (χ1) is 9.30. The predicted molar refractivity (Wildman–Crippen MR) is 84.5 cm³/mol. The molecule has 2 rings (SSSR count). The summed E-state index contributed by atoms with van der Waals surface area (Å²) in [6, 6.07) is 0.364. The van der Waals surface area contributed by atoms with Gasteiger partial charge in [0.05, 0.1) is 0 Å². The van der Waals surface area contributed by atoms with Crippen LogP contribution in [0.25, 0.3) is 0 Å². The zero-order chi connectivity index (χ0) is 14.9. The molecule has 2 nitrogen and oxygen atoms in total. The molecule has 1 heterocycles. The van der Waals surface area contributed by atoms with Crippen LogP contribution in [0.5, 0.6) is 0 Å². The minimum atomic E-state index is 0.302. The molecule has 1 amide bonds. The van der Waals surface area contributed by atoms with Crippen LogP contribution in [-0.4, -0.2) is 23.4 Å². The number of hydrogen-bond acceptors (Lipinski definition) is 1. The third kappa shape index (κ3) is 3.56. The molecule has 0 bridgehead atoms. The topological polar surface area (TPSA) is 20.3 Å². The molecule has 3 unspecified atom stereocenters. The quantitative estimate of drug-likeness (QED) is 0.692. The third-order valence-corrected chi connectivity index (χ3v) is 5.46. The lowest BCUT2D eigenvalue weighted by molar-refractivity contribution is -0.144. The van der Waals surface area contributed by atoms with Gasteiger partial charge < -0.3 is 4.90 Å². The van der Waals surface area contributed by atoms with Gasteiger partial charge >= 0.3 is 0 Å². The molecule has 2 fully saturated rings. The summed E-state index contributed by atoms with van der Waals surface area (Å²) in [4.78, 5) is 14.9. The first-order valence-electron chi connectivity index (χ1n) is 8.60. The van der Waals surface area contributed by atoms with Gasteiger partial charge in [-0.25, -0.2) is 0 Å². The van der Waals surface area contributed by atoms with Crippen molar-refractivity contribution in [1.82, 2.24) is 4.90 Å². The number of hydrogen-bond donors (Lipinski definition) is 0. The van der Waals surface area contributed by atoms with E-state index in [1.54, 1.807) is 0 Å². The molecule has 20 heavy (non-hydrogen) atoms. The molecule has 3 atom stereocenters. The highest BCUT2D eigenvalue weighted by molar-refractivity contribution is 5.80. The Kier molecular flexibility index (Phi) is 4.81. The highest BCUT2D eigenvalue weighted by atomic mass is 16.2. The molecular weight excluding hydrogens is 246 g/mol. The van der Waals surface area contributed by atoms with Crippen molar-refractivity contribution >= 4 is 5.91 Å². The Morgan fingerprint density at radius 3 is 2.50 bits per heavy atom. The van der Waals surface area contributed by atoms with Crippen LogP contribution >= 0.6 is 0 Å². The van der Waals surface area contributed by atoms with E-state index in [0.29, 0.717) is 29.2 Å². The van der Waals surface area contributed by atoms with E-state index in [-0.39, 0.29) is 0 Å². The number of carbonyl (C=O) groups excluding carboxylic acids is 1. The molecule has 0 radical (unpaired) electrons. The SMILES string of the molecule is CC1CCCC2C(=O)N(C(C)C)CCC2CC(C)(C)C1. The van der Waals surface area contributed by atoms with Crippen molar-refractivity contribution in [3.8, 4) is 0 Å². The van der Waals surface area contributed by atoms with Crippen molar-refractivity contribution in [2.75, 3.05) is 6.54 Å². The second-order valence-electron chi connectivity index (χ2n) is 8.39. The number of rotatable bonds is 1. The molecular formula is C18H33NO. The van der Waals surface area contributed by atoms with Gasteiger partial charge in [0.25, 0.3) is 0 Å². The number of fused-ring (bicyclic) bond motifs is 1. The van der Waals surface area contributed by atoms with Crippen LogP contribution in [0.3, 0.4) is 0 Å². The lowest BCUT2D eigenvalue weighted by Gasteiger charge is -2.42. The summed E-state index contributed by atoms with van der Waals surface area (Å²) in [6.45, 7) is 12.5. The van der Waals surface area contributed by atoms with Gasteiger partial charge in [0.1, 0.15) is 0 Å². The molecule has 1 saturated heterocycles. The van der Waals surface area contributed by atoms with Crippen LogP contribution in [-0.2, 0) is 4.79 Å². The van der Waals surface area contributed by atoms with Gasteiger partial charge in [0, 0.05) is 18.5 Å². The van der Waals surface area contributed by atoms with E-state index < -0.39 is 0 Å². The monoisotopic (exact) mass is 279 g/mol. The average molecular weight is 279 g/mol. The Morgan fingerprint density at radius 2 is 1.85 bits per heavy atom. The number of nitrogens with zero attached hydrogens (tertiary/aromatic N) is 1. The summed E-state index contributed by atoms with van der Waals surface area (Å²) in [5.74, 6) is 2.18. The van der Waals surface area contributed by atoms with Gasteiger partial charge in [0.15, 0.2) is 0 Å². The van der Waals surface area contributed by atoms with Crippen LogP contribution in [0.4, 0.5) is 0 Å². The first-order valence-corrected chi connectivity index (χ1v) is 8.60. The minimum absolute atomic E-state index is 0.302. The van der Waals surface area contributed by atoms with Gasteiger partial charge in [0.2, 0.25) is 5.91 Å². The maximum absolute atomic E-state index is 12.8. The molecule has 2 aliphatic rings. The highest BCUT2D eigenvalue weighted by Gasteiger charge is 2.40. The first kappa shape index (κ1) is 15.9. The van der Waals surface area contributed by atoms with Crippen LogP contribution in [0.15, 0.2) is 0 Å². The van der Waals surface area contributed by atoms with Gasteiger partial charge in [-0.15, -0.1) is 0 Å². The lowest BCUT2D eigenvalue weighted by Crippen LogP contribution is -2.49. The molecule has 0 N–H and O–H groups in total. The van der Waals surface area contributed by atoms with Gasteiger partial charge in [-0.1, -0.05) is 33.6 Å². The number of amides is 1. The smallest absolute Gasteiger partial charge is 0.226 e. The molecule has 1 saturated carbocycles. The fourth-order valence-electron chi connectivity index (χ4n) is 4.67. The van der Waals surface area contributed by atoms with E-state index >= 15 is 0 Å². The zero-order valence-electron chi connectivity index (χ0n) is 14.1. The van der Waals surface area contributed by atoms with E-state index in [9.17, 15) is 4.79 Å². The molecule has 116 valence electrons. The van der Waals surface area contributed by atoms with Crippen LogP contribution < -0.4 is 0 Å². The lowest BCUT2D eigenvalue weighted by atomic mass is 9.71. The standard InChI is InChI=1S/C18H33NO/c1-13(2)19-10-9-15-12-18(4,5)11-14(3)7-6-8-16(15)17(19)20/h13-16H,6-12H2,1-5H3. The Bertz CT molecular complexity index is 347. The summed E-state index contributed by atoms with van der Waals surface area (Å²) in [5, 5.41) is 0. The van der Waals surface area contributed by atoms with Crippen molar-refractivity contribution in [2.45, 2.75) is 79.2 Å². The molecule has 0 aromatic heterocycles. The number of likely N-dealkylation sites (tertiary alicyclic amines) is 1. The summed E-state index contributed by atoms with van der Waals surface area (Å²) in [5.41, 5.74) is 0.396. The van der Waals surface area contributed by atoms with E-state index in [1.165, 1.54) is 32.1 Å².